The van der Waals surface area contributed by atoms with Gasteiger partial charge in [0.1, 0.15) is 11.8 Å². The van der Waals surface area contributed by atoms with Gasteiger partial charge in [-0.25, -0.2) is 0 Å². The van der Waals surface area contributed by atoms with Crippen LogP contribution in [0.2, 0.25) is 0 Å². The first kappa shape index (κ1) is 24.9. The smallest absolute Gasteiger partial charge is 0.406 e. The van der Waals surface area contributed by atoms with E-state index in [-0.39, 0.29) is 11.8 Å². The number of hydrogen-bond acceptors (Lipinski definition) is 5. The largest absolute Gasteiger partial charge is 0.573 e. The molecule has 184 valence electrons. The van der Waals surface area contributed by atoms with Gasteiger partial charge in [0, 0.05) is 6.04 Å². The van der Waals surface area contributed by atoms with E-state index in [0.717, 1.165) is 42.6 Å². The molecule has 0 spiro atoms. The van der Waals surface area contributed by atoms with Crippen molar-refractivity contribution in [1.82, 2.24) is 10.6 Å². The van der Waals surface area contributed by atoms with E-state index in [0.29, 0.717) is 16.0 Å². The van der Waals surface area contributed by atoms with Crippen molar-refractivity contribution >= 4 is 23.2 Å². The second-order valence-electron chi connectivity index (χ2n) is 8.44. The first-order chi connectivity index (χ1) is 16.8. The molecule has 1 aliphatic carbocycles. The third kappa shape index (κ3) is 6.93. The molecule has 9 heteroatoms. The molecule has 1 atom stereocenters. The predicted molar refractivity (Wildman–Crippen MR) is 128 cm³/mol. The third-order valence-corrected chi connectivity index (χ3v) is 6.81. The molecule has 1 fully saturated rings. The predicted octanol–water partition coefficient (Wildman–Crippen LogP) is 6.23. The van der Waals surface area contributed by atoms with E-state index >= 15 is 0 Å². The lowest BCUT2D eigenvalue weighted by molar-refractivity contribution is -0.274. The molecule has 0 unspecified atom stereocenters. The Hall–Kier alpha value is -3.17. The standard InChI is InChI=1S/C26H25F3N2O3S/c27-26(28,29)34-21-13-11-17(12-14-21)19-15-22(35-16-19)24(32)31-25(33)23(18-7-3-1-4-8-18)30-20-9-5-2-6-10-20/h1,3-4,7-8,11-16,20,23,30H,2,5-6,9-10H2,(H,31,32,33)/t23-/m0/s1. The summed E-state index contributed by atoms with van der Waals surface area (Å²) in [5.74, 6) is -1.26. The molecule has 2 aromatic carbocycles. The minimum absolute atomic E-state index is 0.215. The number of halogens is 3. The molecular formula is C26H25F3N2O3S. The van der Waals surface area contributed by atoms with Crippen molar-refractivity contribution in [2.75, 3.05) is 0 Å². The van der Waals surface area contributed by atoms with E-state index in [1.54, 1.807) is 11.4 Å². The van der Waals surface area contributed by atoms with Gasteiger partial charge in [-0.2, -0.15) is 0 Å². The first-order valence-electron chi connectivity index (χ1n) is 11.4. The average Bonchev–Trinajstić information content (AvgIpc) is 3.34. The highest BCUT2D eigenvalue weighted by atomic mass is 32.1. The van der Waals surface area contributed by atoms with Crippen molar-refractivity contribution in [3.05, 3.63) is 76.5 Å². The highest BCUT2D eigenvalue weighted by Gasteiger charge is 2.31. The van der Waals surface area contributed by atoms with Gasteiger partial charge in [-0.3, -0.25) is 20.2 Å². The van der Waals surface area contributed by atoms with Gasteiger partial charge < -0.3 is 4.74 Å². The Labute approximate surface area is 205 Å². The maximum absolute atomic E-state index is 13.1. The summed E-state index contributed by atoms with van der Waals surface area (Å²) in [4.78, 5) is 26.3. The number of thiophene rings is 1. The minimum atomic E-state index is -4.76. The maximum atomic E-state index is 13.1. The van der Waals surface area contributed by atoms with Crippen LogP contribution in [0.25, 0.3) is 11.1 Å². The summed E-state index contributed by atoms with van der Waals surface area (Å²) in [5, 5.41) is 7.65. The average molecular weight is 503 g/mol. The molecule has 1 heterocycles. The van der Waals surface area contributed by atoms with Gasteiger partial charge in [0.15, 0.2) is 0 Å². The van der Waals surface area contributed by atoms with Gasteiger partial charge in [-0.1, -0.05) is 61.7 Å². The Morgan fingerprint density at radius 1 is 0.943 bits per heavy atom. The van der Waals surface area contributed by atoms with Crippen LogP contribution in [-0.4, -0.2) is 24.2 Å². The zero-order chi connectivity index (χ0) is 24.8. The van der Waals surface area contributed by atoms with Crippen molar-refractivity contribution in [3.63, 3.8) is 0 Å². The summed E-state index contributed by atoms with van der Waals surface area (Å²) in [5.41, 5.74) is 2.07. The summed E-state index contributed by atoms with van der Waals surface area (Å²) in [6, 6.07) is 15.9. The second-order valence-corrected chi connectivity index (χ2v) is 9.35. The van der Waals surface area contributed by atoms with Gasteiger partial charge in [-0.15, -0.1) is 24.5 Å². The Bertz CT molecular complexity index is 1140. The SMILES string of the molecule is O=C(NC(=O)[C@@H](NC1CCCCC1)c1ccccc1)c1cc(-c2ccc(OC(F)(F)F)cc2)cs1. The van der Waals surface area contributed by atoms with Crippen molar-refractivity contribution in [3.8, 4) is 16.9 Å². The summed E-state index contributed by atoms with van der Waals surface area (Å²) in [6.07, 6.45) is 0.641. The molecule has 0 aliphatic heterocycles. The highest BCUT2D eigenvalue weighted by Crippen LogP contribution is 2.29. The summed E-state index contributed by atoms with van der Waals surface area (Å²) >= 11 is 1.16. The highest BCUT2D eigenvalue weighted by molar-refractivity contribution is 7.12. The number of carbonyl (C=O) groups excluding carboxylic acids is 2. The zero-order valence-electron chi connectivity index (χ0n) is 18.8. The minimum Gasteiger partial charge on any atom is -0.406 e. The van der Waals surface area contributed by atoms with E-state index in [4.69, 9.17) is 0 Å². The molecule has 0 saturated heterocycles. The third-order valence-electron chi connectivity index (χ3n) is 5.88. The van der Waals surface area contributed by atoms with Crippen LogP contribution in [0.15, 0.2) is 66.0 Å². The number of rotatable bonds is 7. The van der Waals surface area contributed by atoms with Crippen molar-refractivity contribution in [2.24, 2.45) is 0 Å². The molecule has 1 aromatic heterocycles. The Balaban J connectivity index is 1.44. The number of hydrogen-bond donors (Lipinski definition) is 2. The lowest BCUT2D eigenvalue weighted by Crippen LogP contribution is -2.44. The Morgan fingerprint density at radius 3 is 2.29 bits per heavy atom. The number of alkyl halides is 3. The summed E-state index contributed by atoms with van der Waals surface area (Å²) in [6.45, 7) is 0. The lowest BCUT2D eigenvalue weighted by Gasteiger charge is -2.28. The van der Waals surface area contributed by atoms with Crippen LogP contribution < -0.4 is 15.4 Å². The number of nitrogens with one attached hydrogen (secondary N) is 2. The number of imide groups is 1. The van der Waals surface area contributed by atoms with E-state index in [1.165, 1.54) is 30.7 Å². The molecule has 2 amide bonds. The molecule has 0 bridgehead atoms. The van der Waals surface area contributed by atoms with Crippen molar-refractivity contribution in [1.29, 1.82) is 0 Å². The fourth-order valence-corrected chi connectivity index (χ4v) is 4.99. The van der Waals surface area contributed by atoms with Crippen molar-refractivity contribution in [2.45, 2.75) is 50.6 Å². The molecule has 1 aliphatic rings. The molecule has 3 aromatic rings. The Kier molecular flexibility index (Phi) is 7.87. The lowest BCUT2D eigenvalue weighted by atomic mass is 9.93. The molecule has 2 N–H and O–H groups in total. The monoisotopic (exact) mass is 502 g/mol. The van der Waals surface area contributed by atoms with Crippen LogP contribution in [0.5, 0.6) is 5.75 Å². The van der Waals surface area contributed by atoms with Crippen LogP contribution in [0.3, 0.4) is 0 Å². The van der Waals surface area contributed by atoms with Gasteiger partial charge in [-0.05, 0) is 53.1 Å². The fourth-order valence-electron chi connectivity index (χ4n) is 4.18. The van der Waals surface area contributed by atoms with Crippen LogP contribution in [-0.2, 0) is 4.79 Å². The molecule has 5 nitrogen and oxygen atoms in total. The van der Waals surface area contributed by atoms with Crippen molar-refractivity contribution < 1.29 is 27.5 Å². The van der Waals surface area contributed by atoms with Gasteiger partial charge in [0.2, 0.25) is 5.91 Å². The number of amides is 2. The molecule has 35 heavy (non-hydrogen) atoms. The molecule has 0 radical (unpaired) electrons. The van der Waals surface area contributed by atoms with Crippen LogP contribution in [0, 0.1) is 0 Å². The molecule has 4 rings (SSSR count). The van der Waals surface area contributed by atoms with Crippen LogP contribution in [0.4, 0.5) is 13.2 Å². The first-order valence-corrected chi connectivity index (χ1v) is 12.3. The normalized spacial score (nSPS) is 15.4. The van der Waals surface area contributed by atoms with Crippen LogP contribution in [0.1, 0.15) is 53.4 Å². The molecular weight excluding hydrogens is 477 g/mol. The van der Waals surface area contributed by atoms with E-state index in [9.17, 15) is 22.8 Å². The van der Waals surface area contributed by atoms with Gasteiger partial charge >= 0.3 is 6.36 Å². The Morgan fingerprint density at radius 2 is 1.63 bits per heavy atom. The number of benzene rings is 2. The maximum Gasteiger partial charge on any atom is 0.573 e. The second kappa shape index (κ2) is 11.0. The van der Waals surface area contributed by atoms with Gasteiger partial charge in [0.05, 0.1) is 4.88 Å². The van der Waals surface area contributed by atoms with E-state index < -0.39 is 24.2 Å². The van der Waals surface area contributed by atoms with E-state index in [1.807, 2.05) is 30.3 Å². The van der Waals surface area contributed by atoms with Gasteiger partial charge in [0.25, 0.3) is 5.91 Å². The molecule has 1 saturated carbocycles. The summed E-state index contributed by atoms with van der Waals surface area (Å²) < 4.78 is 41.0. The quantitative estimate of drug-likeness (QED) is 0.402. The number of carbonyl (C=O) groups is 2. The summed E-state index contributed by atoms with van der Waals surface area (Å²) in [7, 11) is 0. The zero-order valence-corrected chi connectivity index (χ0v) is 19.6. The van der Waals surface area contributed by atoms with Crippen LogP contribution >= 0.6 is 11.3 Å². The fraction of sp³-hybridized carbons (Fsp3) is 0.308. The van der Waals surface area contributed by atoms with E-state index in [2.05, 4.69) is 15.4 Å². The topological polar surface area (TPSA) is 67.4 Å². The number of ether oxygens (including phenoxy) is 1.